The third-order valence-electron chi connectivity index (χ3n) is 3.30. The minimum atomic E-state index is 0.360. The largest absolute Gasteiger partial charge is 0.312 e. The van der Waals surface area contributed by atoms with Crippen molar-refractivity contribution in [3.05, 3.63) is 71.8 Å². The summed E-state index contributed by atoms with van der Waals surface area (Å²) in [6.45, 7) is 2.27. The van der Waals surface area contributed by atoms with Crippen LogP contribution in [-0.2, 0) is 0 Å². The van der Waals surface area contributed by atoms with Crippen LogP contribution in [0.1, 0.15) is 30.0 Å². The van der Waals surface area contributed by atoms with Crippen LogP contribution in [0.4, 0.5) is 0 Å². The van der Waals surface area contributed by atoms with E-state index in [1.165, 1.54) is 11.1 Å². The molecule has 2 rings (SSSR count). The second-order valence-corrected chi connectivity index (χ2v) is 4.38. The highest BCUT2D eigenvalue weighted by Crippen LogP contribution is 2.29. The van der Waals surface area contributed by atoms with Crippen LogP contribution in [0.3, 0.4) is 0 Å². The molecule has 0 aromatic heterocycles. The number of likely N-dealkylation sites (N-methyl/N-ethyl adjacent to an activating group) is 1. The maximum atomic E-state index is 3.42. The van der Waals surface area contributed by atoms with Gasteiger partial charge in [0.25, 0.3) is 0 Å². The van der Waals surface area contributed by atoms with E-state index in [-0.39, 0.29) is 0 Å². The van der Waals surface area contributed by atoms with Gasteiger partial charge in [0.15, 0.2) is 0 Å². The predicted molar refractivity (Wildman–Crippen MR) is 73.1 cm³/mol. The molecule has 0 aliphatic heterocycles. The summed E-state index contributed by atoms with van der Waals surface area (Å²) in [6, 6.07) is 21.6. The van der Waals surface area contributed by atoms with Crippen LogP contribution in [0.5, 0.6) is 0 Å². The van der Waals surface area contributed by atoms with E-state index in [4.69, 9.17) is 0 Å². The molecular formula is C16H19N. The standard InChI is InChI=1S/C16H19N/c1-13(14-9-5-3-6-10-14)16(17-2)15-11-7-4-8-12-15/h3-13,16-17H,1-2H3/t13-,16+/m0/s1. The zero-order valence-corrected chi connectivity index (χ0v) is 10.4. The summed E-state index contributed by atoms with van der Waals surface area (Å²) in [7, 11) is 2.02. The van der Waals surface area contributed by atoms with Gasteiger partial charge in [0.2, 0.25) is 0 Å². The third kappa shape index (κ3) is 2.75. The molecule has 0 heterocycles. The van der Waals surface area contributed by atoms with Crippen molar-refractivity contribution in [1.82, 2.24) is 5.32 Å². The minimum absolute atomic E-state index is 0.360. The molecule has 0 bridgehead atoms. The Labute approximate surface area is 103 Å². The Kier molecular flexibility index (Phi) is 3.94. The molecule has 0 spiro atoms. The van der Waals surface area contributed by atoms with Crippen molar-refractivity contribution in [2.45, 2.75) is 18.9 Å². The van der Waals surface area contributed by atoms with E-state index < -0.39 is 0 Å². The molecule has 2 aromatic rings. The SMILES string of the molecule is CN[C@@H](c1ccccc1)[C@@H](C)c1ccccc1. The van der Waals surface area contributed by atoms with Crippen molar-refractivity contribution in [3.8, 4) is 0 Å². The lowest BCUT2D eigenvalue weighted by Gasteiger charge is -2.24. The second kappa shape index (κ2) is 5.65. The van der Waals surface area contributed by atoms with E-state index >= 15 is 0 Å². The Morgan fingerprint density at radius 3 is 1.71 bits per heavy atom. The molecule has 0 unspecified atom stereocenters. The van der Waals surface area contributed by atoms with Gasteiger partial charge in [0, 0.05) is 12.0 Å². The number of hydrogen-bond acceptors (Lipinski definition) is 1. The average Bonchev–Trinajstić information content (AvgIpc) is 2.42. The molecular weight excluding hydrogens is 206 g/mol. The summed E-state index contributed by atoms with van der Waals surface area (Å²) in [4.78, 5) is 0. The molecule has 0 fully saturated rings. The number of benzene rings is 2. The fourth-order valence-corrected chi connectivity index (χ4v) is 2.31. The number of rotatable bonds is 4. The lowest BCUT2D eigenvalue weighted by Crippen LogP contribution is -2.22. The Morgan fingerprint density at radius 1 is 0.765 bits per heavy atom. The summed E-state index contributed by atoms with van der Waals surface area (Å²) in [5.41, 5.74) is 2.71. The van der Waals surface area contributed by atoms with E-state index in [0.717, 1.165) is 0 Å². The summed E-state index contributed by atoms with van der Waals surface area (Å²) in [5, 5.41) is 3.42. The molecule has 88 valence electrons. The van der Waals surface area contributed by atoms with Gasteiger partial charge in [-0.2, -0.15) is 0 Å². The van der Waals surface area contributed by atoms with Crippen LogP contribution in [0.15, 0.2) is 60.7 Å². The summed E-state index contributed by atoms with van der Waals surface area (Å²) in [6.07, 6.45) is 0. The highest BCUT2D eigenvalue weighted by Gasteiger charge is 2.18. The van der Waals surface area contributed by atoms with E-state index in [2.05, 4.69) is 72.9 Å². The highest BCUT2D eigenvalue weighted by molar-refractivity contribution is 5.27. The summed E-state index contributed by atoms with van der Waals surface area (Å²) in [5.74, 6) is 0.462. The van der Waals surface area contributed by atoms with Crippen molar-refractivity contribution in [2.24, 2.45) is 0 Å². The predicted octanol–water partition coefficient (Wildman–Crippen LogP) is 3.75. The molecule has 2 atom stereocenters. The monoisotopic (exact) mass is 225 g/mol. The zero-order valence-electron chi connectivity index (χ0n) is 10.4. The molecule has 0 aliphatic rings. The molecule has 0 saturated carbocycles. The highest BCUT2D eigenvalue weighted by atomic mass is 14.9. The van der Waals surface area contributed by atoms with Crippen LogP contribution < -0.4 is 5.32 Å². The van der Waals surface area contributed by atoms with Crippen molar-refractivity contribution in [1.29, 1.82) is 0 Å². The molecule has 0 radical (unpaired) electrons. The first-order chi connectivity index (χ1) is 8.33. The van der Waals surface area contributed by atoms with Gasteiger partial charge in [0.05, 0.1) is 0 Å². The van der Waals surface area contributed by atoms with E-state index in [1.54, 1.807) is 0 Å². The van der Waals surface area contributed by atoms with Crippen molar-refractivity contribution in [2.75, 3.05) is 7.05 Å². The Hall–Kier alpha value is -1.60. The summed E-state index contributed by atoms with van der Waals surface area (Å²) >= 11 is 0. The third-order valence-corrected chi connectivity index (χ3v) is 3.30. The van der Waals surface area contributed by atoms with Gasteiger partial charge in [-0.3, -0.25) is 0 Å². The molecule has 0 aliphatic carbocycles. The molecule has 1 heteroatoms. The first kappa shape index (κ1) is 11.9. The van der Waals surface area contributed by atoms with Crippen LogP contribution in [0.25, 0.3) is 0 Å². The minimum Gasteiger partial charge on any atom is -0.312 e. The fourth-order valence-electron chi connectivity index (χ4n) is 2.31. The average molecular weight is 225 g/mol. The second-order valence-electron chi connectivity index (χ2n) is 4.38. The van der Waals surface area contributed by atoms with Crippen LogP contribution in [-0.4, -0.2) is 7.05 Å². The Bertz CT molecular complexity index is 436. The fraction of sp³-hybridized carbons (Fsp3) is 0.250. The first-order valence-electron chi connectivity index (χ1n) is 6.10. The maximum absolute atomic E-state index is 3.42. The Balaban J connectivity index is 2.25. The lowest BCUT2D eigenvalue weighted by atomic mass is 9.89. The van der Waals surface area contributed by atoms with Gasteiger partial charge >= 0.3 is 0 Å². The quantitative estimate of drug-likeness (QED) is 0.835. The lowest BCUT2D eigenvalue weighted by molar-refractivity contribution is 0.508. The Morgan fingerprint density at radius 2 is 1.24 bits per heavy atom. The smallest absolute Gasteiger partial charge is 0.0384 e. The first-order valence-corrected chi connectivity index (χ1v) is 6.10. The number of hydrogen-bond donors (Lipinski definition) is 1. The molecule has 17 heavy (non-hydrogen) atoms. The molecule has 2 aromatic carbocycles. The van der Waals surface area contributed by atoms with Crippen molar-refractivity contribution in [3.63, 3.8) is 0 Å². The van der Waals surface area contributed by atoms with Gasteiger partial charge in [-0.15, -0.1) is 0 Å². The van der Waals surface area contributed by atoms with Gasteiger partial charge in [0.1, 0.15) is 0 Å². The topological polar surface area (TPSA) is 12.0 Å². The zero-order chi connectivity index (χ0) is 12.1. The van der Waals surface area contributed by atoms with Crippen molar-refractivity contribution >= 4 is 0 Å². The van der Waals surface area contributed by atoms with Gasteiger partial charge in [-0.1, -0.05) is 67.6 Å². The maximum Gasteiger partial charge on any atom is 0.0384 e. The summed E-state index contributed by atoms with van der Waals surface area (Å²) < 4.78 is 0. The molecule has 1 nitrogen and oxygen atoms in total. The normalized spacial score (nSPS) is 14.2. The van der Waals surface area contributed by atoms with E-state index in [0.29, 0.717) is 12.0 Å². The molecule has 0 amide bonds. The number of nitrogens with one attached hydrogen (secondary N) is 1. The van der Waals surface area contributed by atoms with Gasteiger partial charge < -0.3 is 5.32 Å². The van der Waals surface area contributed by atoms with Gasteiger partial charge in [-0.25, -0.2) is 0 Å². The molecule has 0 saturated heterocycles. The van der Waals surface area contributed by atoms with Gasteiger partial charge in [-0.05, 0) is 18.2 Å². The molecule has 1 N–H and O–H groups in total. The van der Waals surface area contributed by atoms with Crippen LogP contribution >= 0.6 is 0 Å². The van der Waals surface area contributed by atoms with E-state index in [9.17, 15) is 0 Å². The van der Waals surface area contributed by atoms with Crippen LogP contribution in [0.2, 0.25) is 0 Å². The van der Waals surface area contributed by atoms with Crippen LogP contribution in [0, 0.1) is 0 Å². The van der Waals surface area contributed by atoms with Crippen molar-refractivity contribution < 1.29 is 0 Å². The van der Waals surface area contributed by atoms with E-state index in [1.807, 2.05) is 7.05 Å².